The summed E-state index contributed by atoms with van der Waals surface area (Å²) >= 11 is 0. The zero-order chi connectivity index (χ0) is 15.5. The molecule has 0 aliphatic heterocycles. The number of nitrogens with one attached hydrogen (secondary N) is 1. The third-order valence-electron chi connectivity index (χ3n) is 5.99. The molecule has 0 heterocycles. The Bertz CT molecular complexity index is 304. The minimum absolute atomic E-state index is 0.265. The summed E-state index contributed by atoms with van der Waals surface area (Å²) in [6.45, 7) is 13.2. The second-order valence-electron chi connectivity index (χ2n) is 9.71. The molecule has 2 rings (SSSR count). The molecule has 1 heteroatoms. The van der Waals surface area contributed by atoms with Crippen molar-refractivity contribution in [2.75, 3.05) is 6.54 Å². The first-order chi connectivity index (χ1) is 9.77. The smallest absolute Gasteiger partial charge is 0.00966 e. The van der Waals surface area contributed by atoms with Crippen molar-refractivity contribution in [1.82, 2.24) is 5.32 Å². The standard InChI is InChI=1S/C20H39N/c1-19(2,3)21-15-17-12-13-20(4,5)14-18(17)16-10-8-6-7-9-11-16/h16-18,21H,6-15H2,1-5H3. The Balaban J connectivity index is 2.02. The summed E-state index contributed by atoms with van der Waals surface area (Å²) in [6.07, 6.45) is 13.3. The van der Waals surface area contributed by atoms with Crippen molar-refractivity contribution in [3.05, 3.63) is 0 Å². The summed E-state index contributed by atoms with van der Waals surface area (Å²) in [5.74, 6) is 2.90. The monoisotopic (exact) mass is 293 g/mol. The minimum Gasteiger partial charge on any atom is -0.312 e. The molecule has 0 aromatic heterocycles. The van der Waals surface area contributed by atoms with Gasteiger partial charge in [-0.1, -0.05) is 52.4 Å². The van der Waals surface area contributed by atoms with E-state index >= 15 is 0 Å². The highest BCUT2D eigenvalue weighted by molar-refractivity contribution is 4.90. The maximum Gasteiger partial charge on any atom is 0.00966 e. The van der Waals surface area contributed by atoms with E-state index in [1.165, 1.54) is 64.3 Å². The fourth-order valence-electron chi connectivity index (χ4n) is 4.68. The van der Waals surface area contributed by atoms with Crippen molar-refractivity contribution in [2.45, 2.75) is 97.9 Å². The minimum atomic E-state index is 0.265. The molecule has 0 saturated heterocycles. The second-order valence-corrected chi connectivity index (χ2v) is 9.71. The Morgan fingerprint density at radius 3 is 2.14 bits per heavy atom. The van der Waals surface area contributed by atoms with Crippen LogP contribution in [0.1, 0.15) is 92.4 Å². The highest BCUT2D eigenvalue weighted by Gasteiger charge is 2.38. The van der Waals surface area contributed by atoms with Crippen LogP contribution < -0.4 is 5.32 Å². The van der Waals surface area contributed by atoms with Crippen LogP contribution in [0, 0.1) is 23.2 Å². The van der Waals surface area contributed by atoms with Crippen molar-refractivity contribution >= 4 is 0 Å². The summed E-state index contributed by atoms with van der Waals surface area (Å²) in [7, 11) is 0. The van der Waals surface area contributed by atoms with E-state index in [4.69, 9.17) is 0 Å². The predicted molar refractivity (Wildman–Crippen MR) is 93.6 cm³/mol. The van der Waals surface area contributed by atoms with Crippen LogP contribution in [-0.4, -0.2) is 12.1 Å². The van der Waals surface area contributed by atoms with Crippen molar-refractivity contribution in [3.8, 4) is 0 Å². The third-order valence-corrected chi connectivity index (χ3v) is 5.99. The Kier molecular flexibility index (Phi) is 5.79. The maximum absolute atomic E-state index is 3.80. The molecule has 2 aliphatic rings. The van der Waals surface area contributed by atoms with E-state index in [-0.39, 0.29) is 5.54 Å². The summed E-state index contributed by atoms with van der Waals surface area (Å²) in [4.78, 5) is 0. The van der Waals surface area contributed by atoms with Crippen LogP contribution in [-0.2, 0) is 0 Å². The molecule has 2 aliphatic carbocycles. The highest BCUT2D eigenvalue weighted by Crippen LogP contribution is 2.47. The molecule has 2 fully saturated rings. The lowest BCUT2D eigenvalue weighted by molar-refractivity contribution is 0.0633. The number of hydrogen-bond donors (Lipinski definition) is 1. The van der Waals surface area contributed by atoms with E-state index in [9.17, 15) is 0 Å². The van der Waals surface area contributed by atoms with E-state index in [1.54, 1.807) is 0 Å². The summed E-state index contributed by atoms with van der Waals surface area (Å²) in [5, 5.41) is 3.80. The quantitative estimate of drug-likeness (QED) is 0.650. The Morgan fingerprint density at radius 2 is 1.57 bits per heavy atom. The molecule has 1 N–H and O–H groups in total. The number of rotatable bonds is 3. The van der Waals surface area contributed by atoms with E-state index < -0.39 is 0 Å². The van der Waals surface area contributed by atoms with Gasteiger partial charge in [0.25, 0.3) is 0 Å². The van der Waals surface area contributed by atoms with Gasteiger partial charge in [-0.3, -0.25) is 0 Å². The largest absolute Gasteiger partial charge is 0.312 e. The zero-order valence-corrected chi connectivity index (χ0v) is 15.3. The zero-order valence-electron chi connectivity index (χ0n) is 15.3. The maximum atomic E-state index is 3.80. The topological polar surface area (TPSA) is 12.0 Å². The lowest BCUT2D eigenvalue weighted by Crippen LogP contribution is -2.44. The molecule has 124 valence electrons. The molecule has 0 bridgehead atoms. The Hall–Kier alpha value is -0.0400. The van der Waals surface area contributed by atoms with Crippen molar-refractivity contribution in [3.63, 3.8) is 0 Å². The third kappa shape index (κ3) is 5.58. The second kappa shape index (κ2) is 7.02. The van der Waals surface area contributed by atoms with Crippen molar-refractivity contribution in [1.29, 1.82) is 0 Å². The summed E-state index contributed by atoms with van der Waals surface area (Å²) in [5.41, 5.74) is 0.843. The lowest BCUT2D eigenvalue weighted by Gasteiger charge is -2.45. The number of hydrogen-bond acceptors (Lipinski definition) is 1. The van der Waals surface area contributed by atoms with Crippen LogP contribution in [0.3, 0.4) is 0 Å². The molecular formula is C20H39N. The fourth-order valence-corrected chi connectivity index (χ4v) is 4.68. The van der Waals surface area contributed by atoms with Gasteiger partial charge in [-0.15, -0.1) is 0 Å². The van der Waals surface area contributed by atoms with Crippen LogP contribution in [0.15, 0.2) is 0 Å². The molecule has 2 unspecified atom stereocenters. The average Bonchev–Trinajstić information content (AvgIpc) is 2.64. The lowest BCUT2D eigenvalue weighted by atomic mass is 9.62. The van der Waals surface area contributed by atoms with Gasteiger partial charge in [0, 0.05) is 5.54 Å². The Morgan fingerprint density at radius 1 is 0.952 bits per heavy atom. The van der Waals surface area contributed by atoms with Crippen LogP contribution >= 0.6 is 0 Å². The molecule has 21 heavy (non-hydrogen) atoms. The van der Waals surface area contributed by atoms with Crippen LogP contribution in [0.2, 0.25) is 0 Å². The SMILES string of the molecule is CC1(C)CCC(CNC(C)(C)C)C(C2CCCCCC2)C1. The molecule has 0 aromatic carbocycles. The fraction of sp³-hybridized carbons (Fsp3) is 1.00. The van der Waals surface area contributed by atoms with Gasteiger partial charge in [0.05, 0.1) is 0 Å². The first kappa shape index (κ1) is 17.3. The first-order valence-corrected chi connectivity index (χ1v) is 9.52. The molecule has 0 spiro atoms. The van der Waals surface area contributed by atoms with Gasteiger partial charge in [-0.05, 0) is 69.7 Å². The van der Waals surface area contributed by atoms with Gasteiger partial charge in [0.1, 0.15) is 0 Å². The van der Waals surface area contributed by atoms with E-state index in [0.717, 1.165) is 17.8 Å². The average molecular weight is 294 g/mol. The molecule has 0 aromatic rings. The predicted octanol–water partition coefficient (Wildman–Crippen LogP) is 5.79. The van der Waals surface area contributed by atoms with E-state index in [0.29, 0.717) is 5.41 Å². The molecule has 2 atom stereocenters. The van der Waals surface area contributed by atoms with Gasteiger partial charge in [-0.2, -0.15) is 0 Å². The summed E-state index contributed by atoms with van der Waals surface area (Å²) in [6, 6.07) is 0. The van der Waals surface area contributed by atoms with Crippen molar-refractivity contribution in [2.24, 2.45) is 23.2 Å². The molecular weight excluding hydrogens is 254 g/mol. The normalized spacial score (nSPS) is 31.9. The van der Waals surface area contributed by atoms with Gasteiger partial charge in [0.2, 0.25) is 0 Å². The molecule has 1 nitrogen and oxygen atoms in total. The van der Waals surface area contributed by atoms with Crippen LogP contribution in [0.4, 0.5) is 0 Å². The summed E-state index contributed by atoms with van der Waals surface area (Å²) < 4.78 is 0. The van der Waals surface area contributed by atoms with Crippen LogP contribution in [0.5, 0.6) is 0 Å². The molecule has 2 saturated carbocycles. The highest BCUT2D eigenvalue weighted by atomic mass is 14.9. The van der Waals surface area contributed by atoms with Gasteiger partial charge in [-0.25, -0.2) is 0 Å². The van der Waals surface area contributed by atoms with E-state index in [2.05, 4.69) is 39.9 Å². The van der Waals surface area contributed by atoms with Gasteiger partial charge >= 0.3 is 0 Å². The molecule has 0 radical (unpaired) electrons. The van der Waals surface area contributed by atoms with Crippen molar-refractivity contribution < 1.29 is 0 Å². The van der Waals surface area contributed by atoms with Crippen LogP contribution in [0.25, 0.3) is 0 Å². The Labute approximate surface area is 133 Å². The van der Waals surface area contributed by atoms with E-state index in [1.807, 2.05) is 0 Å². The first-order valence-electron chi connectivity index (χ1n) is 9.52. The van der Waals surface area contributed by atoms with Gasteiger partial charge in [0.15, 0.2) is 0 Å². The molecule has 0 amide bonds. The van der Waals surface area contributed by atoms with Gasteiger partial charge < -0.3 is 5.32 Å².